The Morgan fingerprint density at radius 2 is 2.05 bits per heavy atom. The molecule has 0 bridgehead atoms. The molecular formula is C14H17F3N2O. The Morgan fingerprint density at radius 1 is 1.35 bits per heavy atom. The summed E-state index contributed by atoms with van der Waals surface area (Å²) in [5, 5.41) is 2.76. The first-order valence-electron chi connectivity index (χ1n) is 6.55. The average Bonchev–Trinajstić information content (AvgIpc) is 2.73. The Kier molecular flexibility index (Phi) is 3.92. The summed E-state index contributed by atoms with van der Waals surface area (Å²) in [6.45, 7) is 2.09. The number of rotatable bonds is 2. The molecule has 3 N–H and O–H groups in total. The Hall–Kier alpha value is -1.72. The molecule has 0 saturated heterocycles. The zero-order valence-electron chi connectivity index (χ0n) is 11.1. The van der Waals surface area contributed by atoms with E-state index in [0.717, 1.165) is 25.3 Å². The van der Waals surface area contributed by atoms with Gasteiger partial charge in [-0.25, -0.2) is 0 Å². The smallest absolute Gasteiger partial charge is 0.398 e. The minimum atomic E-state index is -4.55. The van der Waals surface area contributed by atoms with Crippen molar-refractivity contribution in [1.29, 1.82) is 0 Å². The van der Waals surface area contributed by atoms with Gasteiger partial charge in [0.05, 0.1) is 16.8 Å². The van der Waals surface area contributed by atoms with E-state index in [0.29, 0.717) is 5.92 Å². The third-order valence-corrected chi connectivity index (χ3v) is 3.69. The first-order valence-corrected chi connectivity index (χ1v) is 6.55. The zero-order chi connectivity index (χ0) is 14.9. The fourth-order valence-corrected chi connectivity index (χ4v) is 2.61. The van der Waals surface area contributed by atoms with E-state index >= 15 is 0 Å². The zero-order valence-corrected chi connectivity index (χ0v) is 11.1. The highest BCUT2D eigenvalue weighted by Gasteiger charge is 2.34. The molecule has 2 unspecified atom stereocenters. The standard InChI is InChI=1S/C14H17F3N2O/c1-8-5-6-9(7-8)19-13(20)10-3-2-4-11(12(10)18)14(15,16)17/h2-4,8-9H,5-7,18H2,1H3,(H,19,20). The van der Waals surface area contributed by atoms with Crippen molar-refractivity contribution in [3.05, 3.63) is 29.3 Å². The van der Waals surface area contributed by atoms with Crippen LogP contribution >= 0.6 is 0 Å². The van der Waals surface area contributed by atoms with Crippen molar-refractivity contribution >= 4 is 11.6 Å². The molecular weight excluding hydrogens is 269 g/mol. The van der Waals surface area contributed by atoms with Gasteiger partial charge in [-0.15, -0.1) is 0 Å². The molecule has 0 radical (unpaired) electrons. The van der Waals surface area contributed by atoms with Crippen LogP contribution in [-0.4, -0.2) is 11.9 Å². The van der Waals surface area contributed by atoms with E-state index in [-0.39, 0.29) is 11.6 Å². The number of carbonyl (C=O) groups is 1. The number of halogens is 3. The molecule has 3 nitrogen and oxygen atoms in total. The number of anilines is 1. The third kappa shape index (κ3) is 3.05. The minimum Gasteiger partial charge on any atom is -0.398 e. The molecule has 0 aliphatic heterocycles. The second-order valence-electron chi connectivity index (χ2n) is 5.35. The predicted molar refractivity (Wildman–Crippen MR) is 70.1 cm³/mol. The highest BCUT2D eigenvalue weighted by Crippen LogP contribution is 2.35. The van der Waals surface area contributed by atoms with Crippen molar-refractivity contribution in [2.45, 2.75) is 38.4 Å². The first-order chi connectivity index (χ1) is 9.29. The van der Waals surface area contributed by atoms with Gasteiger partial charge >= 0.3 is 6.18 Å². The number of para-hydroxylation sites is 1. The molecule has 1 amide bonds. The normalized spacial score (nSPS) is 22.8. The van der Waals surface area contributed by atoms with E-state index in [4.69, 9.17) is 5.73 Å². The second kappa shape index (κ2) is 5.34. The maximum Gasteiger partial charge on any atom is 0.418 e. The molecule has 1 aromatic rings. The summed E-state index contributed by atoms with van der Waals surface area (Å²) in [4.78, 5) is 12.0. The topological polar surface area (TPSA) is 55.1 Å². The summed E-state index contributed by atoms with van der Waals surface area (Å²) >= 11 is 0. The molecule has 0 heterocycles. The molecule has 0 aromatic heterocycles. The number of alkyl halides is 3. The first kappa shape index (κ1) is 14.7. The van der Waals surface area contributed by atoms with Crippen molar-refractivity contribution in [3.63, 3.8) is 0 Å². The van der Waals surface area contributed by atoms with Gasteiger partial charge in [-0.1, -0.05) is 13.0 Å². The Bertz CT molecular complexity index is 514. The van der Waals surface area contributed by atoms with Gasteiger partial charge in [0.15, 0.2) is 0 Å². The lowest BCUT2D eigenvalue weighted by Crippen LogP contribution is -2.33. The Labute approximate surface area is 115 Å². The maximum atomic E-state index is 12.7. The van der Waals surface area contributed by atoms with Gasteiger partial charge in [0, 0.05) is 6.04 Å². The summed E-state index contributed by atoms with van der Waals surface area (Å²) in [6.07, 6.45) is -1.83. The van der Waals surface area contributed by atoms with Crippen molar-refractivity contribution in [3.8, 4) is 0 Å². The lowest BCUT2D eigenvalue weighted by Gasteiger charge is -2.16. The van der Waals surface area contributed by atoms with Crippen LogP contribution in [0.3, 0.4) is 0 Å². The highest BCUT2D eigenvalue weighted by molar-refractivity contribution is 6.00. The molecule has 110 valence electrons. The molecule has 1 aliphatic carbocycles. The Balaban J connectivity index is 2.18. The van der Waals surface area contributed by atoms with Gasteiger partial charge in [0.25, 0.3) is 5.91 Å². The number of benzene rings is 1. The van der Waals surface area contributed by atoms with E-state index < -0.39 is 23.3 Å². The van der Waals surface area contributed by atoms with Crippen LogP contribution in [0.2, 0.25) is 0 Å². The summed E-state index contributed by atoms with van der Waals surface area (Å²) in [6, 6.07) is 3.42. The molecule has 6 heteroatoms. The predicted octanol–water partition coefficient (Wildman–Crippen LogP) is 3.21. The van der Waals surface area contributed by atoms with Crippen molar-refractivity contribution in [1.82, 2.24) is 5.32 Å². The monoisotopic (exact) mass is 286 g/mol. The molecule has 2 atom stereocenters. The second-order valence-corrected chi connectivity index (χ2v) is 5.35. The lowest BCUT2D eigenvalue weighted by atomic mass is 10.1. The molecule has 0 spiro atoms. The average molecular weight is 286 g/mol. The summed E-state index contributed by atoms with van der Waals surface area (Å²) in [5.41, 5.74) is 3.90. The summed E-state index contributed by atoms with van der Waals surface area (Å²) < 4.78 is 38.2. The van der Waals surface area contributed by atoms with Crippen LogP contribution in [0.25, 0.3) is 0 Å². The van der Waals surface area contributed by atoms with Crippen LogP contribution in [0, 0.1) is 5.92 Å². The van der Waals surface area contributed by atoms with Crippen molar-refractivity contribution in [2.24, 2.45) is 5.92 Å². The van der Waals surface area contributed by atoms with E-state index in [9.17, 15) is 18.0 Å². The van der Waals surface area contributed by atoms with E-state index in [1.54, 1.807) is 0 Å². The summed E-state index contributed by atoms with van der Waals surface area (Å²) in [7, 11) is 0. The minimum absolute atomic E-state index is 0.0199. The van der Waals surface area contributed by atoms with Crippen LogP contribution in [-0.2, 0) is 6.18 Å². The Morgan fingerprint density at radius 3 is 2.60 bits per heavy atom. The van der Waals surface area contributed by atoms with Gasteiger partial charge in [0.1, 0.15) is 0 Å². The number of hydrogen-bond acceptors (Lipinski definition) is 2. The van der Waals surface area contributed by atoms with Gasteiger partial charge in [-0.2, -0.15) is 13.2 Å². The number of carbonyl (C=O) groups excluding carboxylic acids is 1. The van der Waals surface area contributed by atoms with Gasteiger partial charge in [-0.3, -0.25) is 4.79 Å². The molecule has 1 aliphatic rings. The van der Waals surface area contributed by atoms with E-state index in [1.807, 2.05) is 0 Å². The highest BCUT2D eigenvalue weighted by atomic mass is 19.4. The third-order valence-electron chi connectivity index (χ3n) is 3.69. The molecule has 2 rings (SSSR count). The molecule has 1 aromatic carbocycles. The van der Waals surface area contributed by atoms with E-state index in [1.165, 1.54) is 12.1 Å². The molecule has 1 saturated carbocycles. The number of nitrogen functional groups attached to an aromatic ring is 1. The SMILES string of the molecule is CC1CCC(NC(=O)c2cccc(C(F)(F)F)c2N)C1. The van der Waals surface area contributed by atoms with Gasteiger partial charge in [-0.05, 0) is 37.3 Å². The maximum absolute atomic E-state index is 12.7. The lowest BCUT2D eigenvalue weighted by molar-refractivity contribution is -0.136. The molecule has 20 heavy (non-hydrogen) atoms. The van der Waals surface area contributed by atoms with Gasteiger partial charge < -0.3 is 11.1 Å². The van der Waals surface area contributed by atoms with E-state index in [2.05, 4.69) is 12.2 Å². The van der Waals surface area contributed by atoms with Gasteiger partial charge in [0.2, 0.25) is 0 Å². The van der Waals surface area contributed by atoms with Crippen LogP contribution in [0.15, 0.2) is 18.2 Å². The van der Waals surface area contributed by atoms with Crippen molar-refractivity contribution in [2.75, 3.05) is 5.73 Å². The fourth-order valence-electron chi connectivity index (χ4n) is 2.61. The van der Waals surface area contributed by atoms with Crippen LogP contribution < -0.4 is 11.1 Å². The summed E-state index contributed by atoms with van der Waals surface area (Å²) in [5.74, 6) is -0.00754. The van der Waals surface area contributed by atoms with Crippen LogP contribution in [0.4, 0.5) is 18.9 Å². The largest absolute Gasteiger partial charge is 0.418 e. The van der Waals surface area contributed by atoms with Crippen LogP contribution in [0.5, 0.6) is 0 Å². The molecule has 1 fully saturated rings. The quantitative estimate of drug-likeness (QED) is 0.820. The van der Waals surface area contributed by atoms with Crippen LogP contribution in [0.1, 0.15) is 42.1 Å². The number of hydrogen-bond donors (Lipinski definition) is 2. The number of amides is 1. The number of nitrogens with one attached hydrogen (secondary N) is 1. The fraction of sp³-hybridized carbons (Fsp3) is 0.500. The number of nitrogens with two attached hydrogens (primary N) is 1. The van der Waals surface area contributed by atoms with Crippen molar-refractivity contribution < 1.29 is 18.0 Å².